The molecule has 2 aromatic rings. The minimum Gasteiger partial charge on any atom is -0.452 e. The Balaban J connectivity index is 2.37. The number of nitrogens with two attached hydrogens (primary N) is 1. The zero-order valence-electron chi connectivity index (χ0n) is 8.88. The smallest absolute Gasteiger partial charge is 0.166 e. The van der Waals surface area contributed by atoms with Crippen molar-refractivity contribution in [1.82, 2.24) is 0 Å². The molecule has 0 fully saturated rings. The molecule has 18 heavy (non-hydrogen) atoms. The van der Waals surface area contributed by atoms with Crippen molar-refractivity contribution in [3.63, 3.8) is 0 Å². The normalized spacial score (nSPS) is 10.4. The van der Waals surface area contributed by atoms with Crippen molar-refractivity contribution < 1.29 is 9.13 Å². The van der Waals surface area contributed by atoms with Gasteiger partial charge >= 0.3 is 0 Å². The van der Waals surface area contributed by atoms with Crippen molar-refractivity contribution in [3.05, 3.63) is 50.7 Å². The highest BCUT2D eigenvalue weighted by Gasteiger charge is 2.10. The van der Waals surface area contributed by atoms with Gasteiger partial charge in [0.15, 0.2) is 17.3 Å². The van der Waals surface area contributed by atoms with Gasteiger partial charge in [-0.2, -0.15) is 0 Å². The first kappa shape index (κ1) is 13.5. The first-order valence-electron chi connectivity index (χ1n) is 4.85. The number of halogens is 4. The Morgan fingerprint density at radius 3 is 2.39 bits per heavy atom. The molecule has 0 atom stereocenters. The van der Waals surface area contributed by atoms with Gasteiger partial charge in [-0.05, 0) is 24.3 Å². The number of ether oxygens (including phenoxy) is 1. The molecule has 6 heteroatoms. The van der Waals surface area contributed by atoms with Gasteiger partial charge < -0.3 is 10.5 Å². The first-order valence-corrected chi connectivity index (χ1v) is 6.39. The average Bonchev–Trinajstić information content (AvgIpc) is 2.29. The van der Waals surface area contributed by atoms with Crippen LogP contribution < -0.4 is 10.5 Å². The third kappa shape index (κ3) is 2.88. The van der Waals surface area contributed by atoms with Crippen molar-refractivity contribution in [2.24, 2.45) is 0 Å². The molecule has 2 N–H and O–H groups in total. The molecule has 2 nitrogen and oxygen atoms in total. The fourth-order valence-corrected chi connectivity index (χ4v) is 1.97. The quantitative estimate of drug-likeness (QED) is 0.749. The van der Waals surface area contributed by atoms with Crippen LogP contribution in [0.1, 0.15) is 0 Å². The topological polar surface area (TPSA) is 35.2 Å². The summed E-state index contributed by atoms with van der Waals surface area (Å²) < 4.78 is 19.6. The molecule has 0 radical (unpaired) electrons. The molecule has 0 saturated carbocycles. The molecule has 2 rings (SSSR count). The van der Waals surface area contributed by atoms with Gasteiger partial charge in [0.2, 0.25) is 0 Å². The molecule has 0 aromatic heterocycles. The molecule has 0 aliphatic carbocycles. The van der Waals surface area contributed by atoms with Crippen LogP contribution in [0.25, 0.3) is 0 Å². The Bertz CT molecular complexity index is 607. The number of hydrogen-bond donors (Lipinski definition) is 1. The van der Waals surface area contributed by atoms with Crippen LogP contribution in [0, 0.1) is 5.82 Å². The van der Waals surface area contributed by atoms with Crippen LogP contribution >= 0.6 is 39.1 Å². The molecule has 0 amide bonds. The maximum Gasteiger partial charge on any atom is 0.166 e. The Morgan fingerprint density at radius 1 is 1.06 bits per heavy atom. The van der Waals surface area contributed by atoms with E-state index < -0.39 is 5.82 Å². The summed E-state index contributed by atoms with van der Waals surface area (Å²) in [6, 6.07) is 7.34. The Hall–Kier alpha value is -0.970. The maximum atomic E-state index is 13.6. The largest absolute Gasteiger partial charge is 0.452 e. The van der Waals surface area contributed by atoms with Gasteiger partial charge in [0.05, 0.1) is 15.7 Å². The van der Waals surface area contributed by atoms with Crippen LogP contribution in [0.5, 0.6) is 11.5 Å². The van der Waals surface area contributed by atoms with Crippen molar-refractivity contribution in [1.29, 1.82) is 0 Å². The highest BCUT2D eigenvalue weighted by Crippen LogP contribution is 2.36. The summed E-state index contributed by atoms with van der Waals surface area (Å²) in [6.45, 7) is 0. The lowest BCUT2D eigenvalue weighted by Gasteiger charge is -2.10. The highest BCUT2D eigenvalue weighted by atomic mass is 79.9. The lowest BCUT2D eigenvalue weighted by atomic mass is 10.3. The van der Waals surface area contributed by atoms with E-state index in [1.807, 2.05) is 0 Å². The van der Waals surface area contributed by atoms with Gasteiger partial charge in [0, 0.05) is 10.5 Å². The number of nitrogen functional groups attached to an aromatic ring is 1. The third-order valence-electron chi connectivity index (χ3n) is 2.17. The van der Waals surface area contributed by atoms with E-state index in [1.54, 1.807) is 6.07 Å². The monoisotopic (exact) mass is 349 g/mol. The molecule has 2 aromatic carbocycles. The standard InChI is InChI=1S/C12H7BrCl2FNO/c13-6-1-2-11(9(16)3-6)18-12-5-8(15)7(14)4-10(12)17/h1-5H,17H2. The van der Waals surface area contributed by atoms with Gasteiger partial charge in [0.25, 0.3) is 0 Å². The minimum atomic E-state index is -0.505. The summed E-state index contributed by atoms with van der Waals surface area (Å²) >= 11 is 14.8. The first-order chi connectivity index (χ1) is 8.47. The summed E-state index contributed by atoms with van der Waals surface area (Å²) in [5.41, 5.74) is 6.00. The summed E-state index contributed by atoms with van der Waals surface area (Å²) in [7, 11) is 0. The second-order valence-electron chi connectivity index (χ2n) is 3.48. The predicted octanol–water partition coefficient (Wildman–Crippen LogP) is 5.27. The molecule has 0 aliphatic heterocycles. The SMILES string of the molecule is Nc1cc(Cl)c(Cl)cc1Oc1ccc(Br)cc1F. The van der Waals surface area contributed by atoms with Crippen LogP contribution in [0.2, 0.25) is 10.0 Å². The Labute approximate surface area is 122 Å². The van der Waals surface area contributed by atoms with Gasteiger partial charge in [-0.15, -0.1) is 0 Å². The van der Waals surface area contributed by atoms with Crippen LogP contribution in [0.3, 0.4) is 0 Å². The van der Waals surface area contributed by atoms with Crippen LogP contribution in [0.4, 0.5) is 10.1 Å². The van der Waals surface area contributed by atoms with Gasteiger partial charge in [-0.25, -0.2) is 4.39 Å². The number of rotatable bonds is 2. The zero-order chi connectivity index (χ0) is 13.3. The van der Waals surface area contributed by atoms with Gasteiger partial charge in [-0.3, -0.25) is 0 Å². The van der Waals surface area contributed by atoms with E-state index in [-0.39, 0.29) is 17.2 Å². The summed E-state index contributed by atoms with van der Waals surface area (Å²) in [4.78, 5) is 0. The van der Waals surface area contributed by atoms with Crippen molar-refractivity contribution in [2.45, 2.75) is 0 Å². The van der Waals surface area contributed by atoms with Gasteiger partial charge in [-0.1, -0.05) is 39.1 Å². The number of anilines is 1. The Morgan fingerprint density at radius 2 is 1.72 bits per heavy atom. The average molecular weight is 351 g/mol. The molecule has 94 valence electrons. The molecule has 0 aliphatic rings. The molecule has 0 bridgehead atoms. The second kappa shape index (κ2) is 5.34. The fourth-order valence-electron chi connectivity index (χ4n) is 1.31. The number of hydrogen-bond acceptors (Lipinski definition) is 2. The summed E-state index contributed by atoms with van der Waals surface area (Å²) in [5.74, 6) is -0.191. The van der Waals surface area contributed by atoms with Crippen molar-refractivity contribution in [3.8, 4) is 11.5 Å². The predicted molar refractivity (Wildman–Crippen MR) is 75.0 cm³/mol. The maximum absolute atomic E-state index is 13.6. The van der Waals surface area contributed by atoms with Crippen LogP contribution in [-0.2, 0) is 0 Å². The van der Waals surface area contributed by atoms with E-state index in [4.69, 9.17) is 33.7 Å². The highest BCUT2D eigenvalue weighted by molar-refractivity contribution is 9.10. The summed E-state index contributed by atoms with van der Waals surface area (Å²) in [6.07, 6.45) is 0. The molecule has 0 spiro atoms. The zero-order valence-corrected chi connectivity index (χ0v) is 12.0. The fraction of sp³-hybridized carbons (Fsp3) is 0. The van der Waals surface area contributed by atoms with E-state index in [2.05, 4.69) is 15.9 Å². The van der Waals surface area contributed by atoms with E-state index in [0.717, 1.165) is 0 Å². The molecule has 0 unspecified atom stereocenters. The molecular formula is C12H7BrCl2FNO. The van der Waals surface area contributed by atoms with Crippen LogP contribution in [0.15, 0.2) is 34.8 Å². The lowest BCUT2D eigenvalue weighted by molar-refractivity contribution is 0.444. The lowest BCUT2D eigenvalue weighted by Crippen LogP contribution is -1.94. The molecular weight excluding hydrogens is 344 g/mol. The second-order valence-corrected chi connectivity index (χ2v) is 5.21. The molecule has 0 heterocycles. The number of benzene rings is 2. The van der Waals surface area contributed by atoms with Crippen molar-refractivity contribution in [2.75, 3.05) is 5.73 Å². The van der Waals surface area contributed by atoms with E-state index in [0.29, 0.717) is 14.5 Å². The Kier molecular flexibility index (Phi) is 4.00. The van der Waals surface area contributed by atoms with E-state index in [1.165, 1.54) is 24.3 Å². The molecule has 0 saturated heterocycles. The van der Waals surface area contributed by atoms with Crippen molar-refractivity contribution >= 4 is 44.8 Å². The van der Waals surface area contributed by atoms with Gasteiger partial charge in [0.1, 0.15) is 0 Å². The van der Waals surface area contributed by atoms with E-state index in [9.17, 15) is 4.39 Å². The van der Waals surface area contributed by atoms with Crippen LogP contribution in [-0.4, -0.2) is 0 Å². The summed E-state index contributed by atoms with van der Waals surface area (Å²) in [5, 5.41) is 0.608. The third-order valence-corrected chi connectivity index (χ3v) is 3.38. The van der Waals surface area contributed by atoms with E-state index >= 15 is 0 Å². The minimum absolute atomic E-state index is 0.0586.